The molecule has 1 aromatic heterocycles. The van der Waals surface area contributed by atoms with Crippen LogP contribution in [-0.4, -0.2) is 28.3 Å². The second-order valence-electron chi connectivity index (χ2n) is 3.80. The Balaban J connectivity index is 2.12. The van der Waals surface area contributed by atoms with Crippen molar-refractivity contribution in [1.29, 1.82) is 0 Å². The summed E-state index contributed by atoms with van der Waals surface area (Å²) < 4.78 is 1.88. The zero-order valence-corrected chi connectivity index (χ0v) is 9.55. The lowest BCUT2D eigenvalue weighted by Gasteiger charge is -2.20. The average Bonchev–Trinajstić information content (AvgIpc) is 2.79. The highest BCUT2D eigenvalue weighted by atomic mass is 32.2. The van der Waals surface area contributed by atoms with E-state index in [1.54, 1.807) is 0 Å². The van der Waals surface area contributed by atoms with Crippen molar-refractivity contribution in [3.05, 3.63) is 18.0 Å². The van der Waals surface area contributed by atoms with Crippen LogP contribution in [0.2, 0.25) is 0 Å². The number of rotatable bonds is 3. The van der Waals surface area contributed by atoms with Gasteiger partial charge in [0.05, 0.1) is 11.7 Å². The lowest BCUT2D eigenvalue weighted by molar-refractivity contribution is 0.408. The van der Waals surface area contributed by atoms with Gasteiger partial charge in [0, 0.05) is 13.2 Å². The highest BCUT2D eigenvalue weighted by Gasteiger charge is 2.26. The molecule has 1 fully saturated rings. The van der Waals surface area contributed by atoms with Crippen molar-refractivity contribution in [3.8, 4) is 0 Å². The summed E-state index contributed by atoms with van der Waals surface area (Å²) in [5, 5.41) is 7.86. The van der Waals surface area contributed by atoms with E-state index >= 15 is 0 Å². The molecule has 1 aliphatic rings. The van der Waals surface area contributed by atoms with Crippen LogP contribution in [0.1, 0.15) is 18.2 Å². The fraction of sp³-hybridized carbons (Fsp3) is 0.700. The molecular weight excluding hydrogens is 194 g/mol. The third kappa shape index (κ3) is 1.96. The van der Waals surface area contributed by atoms with E-state index < -0.39 is 0 Å². The summed E-state index contributed by atoms with van der Waals surface area (Å²) in [6, 6.07) is 2.55. The van der Waals surface area contributed by atoms with E-state index in [1.165, 1.54) is 23.6 Å². The Morgan fingerprint density at radius 3 is 3.07 bits per heavy atom. The van der Waals surface area contributed by atoms with Gasteiger partial charge in [-0.3, -0.25) is 4.68 Å². The van der Waals surface area contributed by atoms with Crippen LogP contribution in [-0.2, 0) is 7.05 Å². The molecule has 3 nitrogen and oxygen atoms in total. The smallest absolute Gasteiger partial charge is 0.0796 e. The van der Waals surface area contributed by atoms with Crippen LogP contribution in [0.25, 0.3) is 0 Å². The van der Waals surface area contributed by atoms with Crippen molar-refractivity contribution < 1.29 is 0 Å². The normalized spacial score (nSPS) is 24.0. The molecule has 2 rings (SSSR count). The van der Waals surface area contributed by atoms with E-state index in [0.29, 0.717) is 6.04 Å². The Hall–Kier alpha value is -0.480. The highest BCUT2D eigenvalue weighted by Crippen LogP contribution is 2.33. The Morgan fingerprint density at radius 1 is 1.71 bits per heavy atom. The van der Waals surface area contributed by atoms with Crippen LogP contribution in [0.5, 0.6) is 0 Å². The molecule has 1 saturated heterocycles. The first-order valence-corrected chi connectivity index (χ1v) is 6.21. The minimum absolute atomic E-state index is 0.436. The highest BCUT2D eigenvalue weighted by molar-refractivity contribution is 7.99. The molecule has 78 valence electrons. The van der Waals surface area contributed by atoms with E-state index in [1.807, 2.05) is 25.0 Å². The van der Waals surface area contributed by atoms with E-state index in [9.17, 15) is 0 Å². The van der Waals surface area contributed by atoms with Crippen LogP contribution in [0.15, 0.2) is 12.3 Å². The van der Waals surface area contributed by atoms with E-state index in [-0.39, 0.29) is 0 Å². The first kappa shape index (κ1) is 10.1. The minimum Gasteiger partial charge on any atom is -0.311 e. The number of thioether (sulfide) groups is 1. The molecule has 1 aliphatic heterocycles. The number of nitrogens with one attached hydrogen (secondary N) is 1. The maximum atomic E-state index is 4.47. The number of aromatic nitrogens is 2. The molecule has 4 heteroatoms. The summed E-state index contributed by atoms with van der Waals surface area (Å²) in [4.78, 5) is 0. The van der Waals surface area contributed by atoms with Gasteiger partial charge in [0.15, 0.2) is 0 Å². The molecule has 14 heavy (non-hydrogen) atoms. The van der Waals surface area contributed by atoms with E-state index in [0.717, 1.165) is 5.92 Å². The molecule has 0 aromatic carbocycles. The molecule has 0 saturated carbocycles. The molecular formula is C10H17N3S. The maximum absolute atomic E-state index is 4.47. The van der Waals surface area contributed by atoms with Crippen molar-refractivity contribution in [3.63, 3.8) is 0 Å². The standard InChI is InChI=1S/C10H17N3S/c1-11-10(8-4-6-14-7-8)9-3-5-13(2)12-9/h3,5,8,10-11H,4,6-7H2,1-2H3. The van der Waals surface area contributed by atoms with Crippen LogP contribution >= 0.6 is 11.8 Å². The number of hydrogen-bond acceptors (Lipinski definition) is 3. The van der Waals surface area contributed by atoms with Gasteiger partial charge in [-0.15, -0.1) is 0 Å². The number of aryl methyl sites for hydroxylation is 1. The molecule has 1 N–H and O–H groups in total. The number of nitrogens with zero attached hydrogens (tertiary/aromatic N) is 2. The molecule has 2 unspecified atom stereocenters. The second kappa shape index (κ2) is 4.36. The predicted molar refractivity (Wildman–Crippen MR) is 60.4 cm³/mol. The molecule has 2 heterocycles. The van der Waals surface area contributed by atoms with Crippen molar-refractivity contribution in [2.24, 2.45) is 13.0 Å². The van der Waals surface area contributed by atoms with Crippen LogP contribution in [0.4, 0.5) is 0 Å². The van der Waals surface area contributed by atoms with Crippen LogP contribution in [0.3, 0.4) is 0 Å². The third-order valence-corrected chi connectivity index (χ3v) is 3.99. The van der Waals surface area contributed by atoms with Gasteiger partial charge in [0.25, 0.3) is 0 Å². The summed E-state index contributed by atoms with van der Waals surface area (Å²) >= 11 is 2.05. The fourth-order valence-electron chi connectivity index (χ4n) is 2.04. The van der Waals surface area contributed by atoms with Gasteiger partial charge in [0.1, 0.15) is 0 Å². The lowest BCUT2D eigenvalue weighted by Crippen LogP contribution is -2.25. The van der Waals surface area contributed by atoms with Gasteiger partial charge in [-0.05, 0) is 37.0 Å². The first-order chi connectivity index (χ1) is 6.81. The van der Waals surface area contributed by atoms with Crippen molar-refractivity contribution in [1.82, 2.24) is 15.1 Å². The van der Waals surface area contributed by atoms with Crippen molar-refractivity contribution in [2.75, 3.05) is 18.6 Å². The molecule has 0 spiro atoms. The van der Waals surface area contributed by atoms with Gasteiger partial charge in [0.2, 0.25) is 0 Å². The summed E-state index contributed by atoms with van der Waals surface area (Å²) in [5.74, 6) is 3.32. The molecule has 1 aromatic rings. The fourth-order valence-corrected chi connectivity index (χ4v) is 3.34. The van der Waals surface area contributed by atoms with Crippen molar-refractivity contribution >= 4 is 11.8 Å². The first-order valence-electron chi connectivity index (χ1n) is 5.06. The quantitative estimate of drug-likeness (QED) is 0.820. The zero-order valence-electron chi connectivity index (χ0n) is 8.73. The average molecular weight is 211 g/mol. The van der Waals surface area contributed by atoms with Crippen molar-refractivity contribution in [2.45, 2.75) is 12.5 Å². The monoisotopic (exact) mass is 211 g/mol. The van der Waals surface area contributed by atoms with Gasteiger partial charge >= 0.3 is 0 Å². The molecule has 0 amide bonds. The van der Waals surface area contributed by atoms with Crippen LogP contribution in [0, 0.1) is 5.92 Å². The number of hydrogen-bond donors (Lipinski definition) is 1. The van der Waals surface area contributed by atoms with Gasteiger partial charge in [-0.1, -0.05) is 0 Å². The summed E-state index contributed by atoms with van der Waals surface area (Å²) in [6.07, 6.45) is 3.33. The van der Waals surface area contributed by atoms with Gasteiger partial charge in [-0.25, -0.2) is 0 Å². The molecule has 0 aliphatic carbocycles. The van der Waals surface area contributed by atoms with E-state index in [4.69, 9.17) is 0 Å². The largest absolute Gasteiger partial charge is 0.311 e. The lowest BCUT2D eigenvalue weighted by atomic mass is 9.97. The Labute approximate surface area is 89.3 Å². The maximum Gasteiger partial charge on any atom is 0.0796 e. The summed E-state index contributed by atoms with van der Waals surface area (Å²) in [6.45, 7) is 0. The third-order valence-electron chi connectivity index (χ3n) is 2.80. The molecule has 0 radical (unpaired) electrons. The van der Waals surface area contributed by atoms with Crippen LogP contribution < -0.4 is 5.32 Å². The second-order valence-corrected chi connectivity index (χ2v) is 4.95. The summed E-state index contributed by atoms with van der Waals surface area (Å²) in [7, 11) is 4.00. The Bertz CT molecular complexity index is 291. The SMILES string of the molecule is CNC(c1ccn(C)n1)C1CCSC1. The zero-order chi connectivity index (χ0) is 9.97. The van der Waals surface area contributed by atoms with Gasteiger partial charge in [-0.2, -0.15) is 16.9 Å². The Kier molecular flexibility index (Phi) is 3.13. The molecule has 2 atom stereocenters. The van der Waals surface area contributed by atoms with E-state index in [2.05, 4.69) is 28.2 Å². The Morgan fingerprint density at radius 2 is 2.57 bits per heavy atom. The van der Waals surface area contributed by atoms with Gasteiger partial charge < -0.3 is 5.32 Å². The minimum atomic E-state index is 0.436. The molecule has 0 bridgehead atoms. The topological polar surface area (TPSA) is 29.9 Å². The summed E-state index contributed by atoms with van der Waals surface area (Å²) in [5.41, 5.74) is 1.18. The predicted octanol–water partition coefficient (Wildman–Crippen LogP) is 1.43.